The molecule has 0 aliphatic rings. The Hall–Kier alpha value is -3.71. The van der Waals surface area contributed by atoms with Gasteiger partial charge in [-0.2, -0.15) is 0 Å². The number of esters is 1. The predicted molar refractivity (Wildman–Crippen MR) is 121 cm³/mol. The Morgan fingerprint density at radius 3 is 2.58 bits per heavy atom. The molecule has 0 aliphatic heterocycles. The van der Waals surface area contributed by atoms with Gasteiger partial charge in [0.2, 0.25) is 0 Å². The summed E-state index contributed by atoms with van der Waals surface area (Å²) in [7, 11) is 0. The number of benzene rings is 2. The smallest absolute Gasteiger partial charge is 0.341 e. The van der Waals surface area contributed by atoms with Gasteiger partial charge in [-0.3, -0.25) is 9.59 Å². The van der Waals surface area contributed by atoms with Crippen LogP contribution >= 0.6 is 11.3 Å². The largest absolute Gasteiger partial charge is 0.462 e. The average Bonchev–Trinajstić information content (AvgIpc) is 3.18. The number of ether oxygens (including phenoxy) is 1. The number of rotatable bonds is 5. The number of carbonyl (C=O) groups excluding carboxylic acids is 2. The minimum absolute atomic E-state index is 0.135. The van der Waals surface area contributed by atoms with Crippen LogP contribution < -0.4 is 10.7 Å². The molecule has 0 unspecified atom stereocenters. The first-order valence-corrected chi connectivity index (χ1v) is 10.6. The maximum absolute atomic E-state index is 12.8. The fourth-order valence-corrected chi connectivity index (χ4v) is 4.13. The summed E-state index contributed by atoms with van der Waals surface area (Å²) in [4.78, 5) is 37.9. The van der Waals surface area contributed by atoms with Gasteiger partial charge in [-0.15, -0.1) is 11.3 Å². The molecule has 4 aromatic rings. The Labute approximate surface area is 182 Å². The van der Waals surface area contributed by atoms with Crippen LogP contribution in [0, 0.1) is 6.92 Å². The van der Waals surface area contributed by atoms with Crippen LogP contribution in [-0.4, -0.2) is 18.5 Å². The number of fused-ring (bicyclic) bond motifs is 1. The first-order chi connectivity index (χ1) is 15.0. The maximum atomic E-state index is 12.8. The van der Waals surface area contributed by atoms with Crippen LogP contribution in [0.2, 0.25) is 0 Å². The van der Waals surface area contributed by atoms with E-state index < -0.39 is 11.9 Å². The molecule has 2 heterocycles. The number of thiophene rings is 1. The topological polar surface area (TPSA) is 85.6 Å². The minimum atomic E-state index is -0.620. The van der Waals surface area contributed by atoms with Gasteiger partial charge >= 0.3 is 5.97 Å². The molecule has 2 aromatic carbocycles. The average molecular weight is 433 g/mol. The van der Waals surface area contributed by atoms with Crippen LogP contribution in [0.5, 0.6) is 0 Å². The number of hydrogen-bond acceptors (Lipinski definition) is 6. The lowest BCUT2D eigenvalue weighted by atomic mass is 10.0. The van der Waals surface area contributed by atoms with E-state index in [-0.39, 0.29) is 23.4 Å². The molecule has 0 radical (unpaired) electrons. The molecule has 0 atom stereocenters. The second-order valence-electron chi connectivity index (χ2n) is 6.87. The van der Waals surface area contributed by atoms with E-state index >= 15 is 0 Å². The molecular formula is C24H19NO5S. The molecule has 4 rings (SSSR count). The van der Waals surface area contributed by atoms with Crippen molar-refractivity contribution in [3.8, 4) is 11.1 Å². The van der Waals surface area contributed by atoms with Gasteiger partial charge in [0.25, 0.3) is 5.91 Å². The fraction of sp³-hybridized carbons (Fsp3) is 0.125. The molecule has 2 aromatic heterocycles. The Morgan fingerprint density at radius 2 is 1.84 bits per heavy atom. The standard InChI is InChI=1S/C24H19NO5S/c1-3-29-24(28)21-17(15-10-8-14(2)9-11-15)13-31-23(21)25-22(27)20-12-18(26)16-6-4-5-7-19(16)30-20/h4-13H,3H2,1-2H3,(H,25,27). The zero-order valence-corrected chi connectivity index (χ0v) is 17.7. The molecule has 1 N–H and O–H groups in total. The molecule has 0 saturated heterocycles. The third-order valence-corrected chi connectivity index (χ3v) is 5.61. The highest BCUT2D eigenvalue weighted by Crippen LogP contribution is 2.36. The monoisotopic (exact) mass is 433 g/mol. The van der Waals surface area contributed by atoms with Crippen molar-refractivity contribution in [1.82, 2.24) is 0 Å². The zero-order valence-electron chi connectivity index (χ0n) is 16.9. The molecule has 156 valence electrons. The number of anilines is 1. The van der Waals surface area contributed by atoms with Crippen molar-refractivity contribution in [3.63, 3.8) is 0 Å². The Kier molecular flexibility index (Phi) is 5.68. The van der Waals surface area contributed by atoms with Crippen LogP contribution in [0.3, 0.4) is 0 Å². The van der Waals surface area contributed by atoms with Crippen LogP contribution in [0.15, 0.2) is 69.2 Å². The Morgan fingerprint density at radius 1 is 1.10 bits per heavy atom. The van der Waals surface area contributed by atoms with E-state index in [0.717, 1.165) is 17.2 Å². The van der Waals surface area contributed by atoms with Crippen molar-refractivity contribution in [3.05, 3.63) is 87.1 Å². The second kappa shape index (κ2) is 8.57. The third-order valence-electron chi connectivity index (χ3n) is 4.72. The molecule has 7 heteroatoms. The molecule has 31 heavy (non-hydrogen) atoms. The quantitative estimate of drug-likeness (QED) is 0.434. The van der Waals surface area contributed by atoms with Crippen molar-refractivity contribution >= 4 is 39.2 Å². The van der Waals surface area contributed by atoms with Crippen LogP contribution in [-0.2, 0) is 4.74 Å². The first-order valence-electron chi connectivity index (χ1n) is 9.68. The molecular weight excluding hydrogens is 414 g/mol. The highest BCUT2D eigenvalue weighted by Gasteiger charge is 2.24. The van der Waals surface area contributed by atoms with Gasteiger partial charge < -0.3 is 14.5 Å². The number of carbonyl (C=O) groups is 2. The lowest BCUT2D eigenvalue weighted by Gasteiger charge is -2.09. The summed E-state index contributed by atoms with van der Waals surface area (Å²) in [5.41, 5.74) is 2.87. The molecule has 0 saturated carbocycles. The molecule has 0 bridgehead atoms. The van der Waals surface area contributed by atoms with Crippen LogP contribution in [0.1, 0.15) is 33.4 Å². The normalized spacial score (nSPS) is 10.8. The van der Waals surface area contributed by atoms with Gasteiger partial charge in [0, 0.05) is 17.0 Å². The SMILES string of the molecule is CCOC(=O)c1c(-c2ccc(C)cc2)csc1NC(=O)c1cc(=O)c2ccccc2o1. The lowest BCUT2D eigenvalue weighted by molar-refractivity contribution is 0.0529. The van der Waals surface area contributed by atoms with E-state index in [4.69, 9.17) is 9.15 Å². The Balaban J connectivity index is 1.72. The molecule has 1 amide bonds. The van der Waals surface area contributed by atoms with Gasteiger partial charge in [0.1, 0.15) is 16.1 Å². The molecule has 0 aliphatic carbocycles. The van der Waals surface area contributed by atoms with Gasteiger partial charge in [0.15, 0.2) is 11.2 Å². The number of para-hydroxylation sites is 1. The summed E-state index contributed by atoms with van der Waals surface area (Å²) >= 11 is 1.21. The van der Waals surface area contributed by atoms with E-state index in [1.807, 2.05) is 31.2 Å². The maximum Gasteiger partial charge on any atom is 0.341 e. The molecule has 6 nitrogen and oxygen atoms in total. The fourth-order valence-electron chi connectivity index (χ4n) is 3.18. The highest BCUT2D eigenvalue weighted by atomic mass is 32.1. The predicted octanol–water partition coefficient (Wildman–Crippen LogP) is 5.26. The first kappa shape index (κ1) is 20.6. The van der Waals surface area contributed by atoms with Crippen molar-refractivity contribution in [2.24, 2.45) is 0 Å². The summed E-state index contributed by atoms with van der Waals surface area (Å²) in [6.45, 7) is 3.90. The highest BCUT2D eigenvalue weighted by molar-refractivity contribution is 7.15. The van der Waals surface area contributed by atoms with Crippen molar-refractivity contribution in [2.75, 3.05) is 11.9 Å². The van der Waals surface area contributed by atoms with Crippen molar-refractivity contribution in [1.29, 1.82) is 0 Å². The van der Waals surface area contributed by atoms with Crippen molar-refractivity contribution < 1.29 is 18.7 Å². The summed E-state index contributed by atoms with van der Waals surface area (Å²) in [6.07, 6.45) is 0. The van der Waals surface area contributed by atoms with Crippen molar-refractivity contribution in [2.45, 2.75) is 13.8 Å². The lowest BCUT2D eigenvalue weighted by Crippen LogP contribution is -2.16. The number of aryl methyl sites for hydroxylation is 1. The number of nitrogens with one attached hydrogen (secondary N) is 1. The molecule has 0 fully saturated rings. The van der Waals surface area contributed by atoms with Crippen LogP contribution in [0.25, 0.3) is 22.1 Å². The third kappa shape index (κ3) is 4.13. The number of hydrogen-bond donors (Lipinski definition) is 1. The van der Waals surface area contributed by atoms with Gasteiger partial charge in [-0.05, 0) is 31.5 Å². The van der Waals surface area contributed by atoms with E-state index in [2.05, 4.69) is 5.32 Å². The van der Waals surface area contributed by atoms with E-state index in [1.54, 1.807) is 36.6 Å². The summed E-state index contributed by atoms with van der Waals surface area (Å²) in [5, 5.41) is 5.22. The summed E-state index contributed by atoms with van der Waals surface area (Å²) < 4.78 is 10.8. The summed E-state index contributed by atoms with van der Waals surface area (Å²) in [6, 6.07) is 15.6. The van der Waals surface area contributed by atoms with E-state index in [1.165, 1.54) is 11.3 Å². The second-order valence-corrected chi connectivity index (χ2v) is 7.74. The molecule has 0 spiro atoms. The van der Waals surface area contributed by atoms with Crippen LogP contribution in [0.4, 0.5) is 5.00 Å². The Bertz CT molecular complexity index is 1330. The minimum Gasteiger partial charge on any atom is -0.462 e. The summed E-state index contributed by atoms with van der Waals surface area (Å²) in [5.74, 6) is -1.29. The number of amides is 1. The van der Waals surface area contributed by atoms with E-state index in [0.29, 0.717) is 21.5 Å². The van der Waals surface area contributed by atoms with E-state index in [9.17, 15) is 14.4 Å². The van der Waals surface area contributed by atoms with Gasteiger partial charge in [0.05, 0.1) is 12.0 Å². The van der Waals surface area contributed by atoms with Gasteiger partial charge in [-0.25, -0.2) is 4.79 Å². The van der Waals surface area contributed by atoms with Gasteiger partial charge in [-0.1, -0.05) is 42.0 Å². The zero-order chi connectivity index (χ0) is 22.0.